The minimum Gasteiger partial charge on any atom is -0.396 e. The molecule has 0 radical (unpaired) electrons. The van der Waals surface area contributed by atoms with E-state index in [2.05, 4.69) is 9.36 Å². The third kappa shape index (κ3) is 3.62. The van der Waals surface area contributed by atoms with Gasteiger partial charge in [0, 0.05) is 18.8 Å². The standard InChI is InChI=1S/C8H14N2OS2/c1-3-7-9-8(13-10-7)12-5-6(2)4-11/h6,11H,3-5H2,1-2H3. The Labute approximate surface area is 86.8 Å². The van der Waals surface area contributed by atoms with E-state index >= 15 is 0 Å². The third-order valence-electron chi connectivity index (χ3n) is 1.57. The monoisotopic (exact) mass is 218 g/mol. The molecule has 0 saturated heterocycles. The molecule has 1 aromatic heterocycles. The van der Waals surface area contributed by atoms with Crippen molar-refractivity contribution in [1.82, 2.24) is 9.36 Å². The molecule has 0 aliphatic rings. The second kappa shape index (κ2) is 5.57. The highest BCUT2D eigenvalue weighted by atomic mass is 32.2. The lowest BCUT2D eigenvalue weighted by atomic mass is 10.2. The van der Waals surface area contributed by atoms with Gasteiger partial charge in [-0.15, -0.1) is 0 Å². The van der Waals surface area contributed by atoms with Crippen molar-refractivity contribution in [3.05, 3.63) is 5.82 Å². The van der Waals surface area contributed by atoms with Crippen LogP contribution in [0.3, 0.4) is 0 Å². The first kappa shape index (κ1) is 10.9. The number of nitrogens with zero attached hydrogens (tertiary/aromatic N) is 2. The van der Waals surface area contributed by atoms with Crippen LogP contribution in [0.15, 0.2) is 4.34 Å². The quantitative estimate of drug-likeness (QED) is 0.766. The minimum atomic E-state index is 0.242. The molecule has 1 N–H and O–H groups in total. The van der Waals surface area contributed by atoms with Crippen molar-refractivity contribution >= 4 is 23.3 Å². The van der Waals surface area contributed by atoms with E-state index < -0.39 is 0 Å². The number of thioether (sulfide) groups is 1. The summed E-state index contributed by atoms with van der Waals surface area (Å²) in [6.07, 6.45) is 0.895. The number of hydrogen-bond acceptors (Lipinski definition) is 5. The Morgan fingerprint density at radius 1 is 1.62 bits per heavy atom. The molecule has 1 aromatic rings. The highest BCUT2D eigenvalue weighted by molar-refractivity contribution is 8.00. The van der Waals surface area contributed by atoms with Crippen LogP contribution >= 0.6 is 23.3 Å². The summed E-state index contributed by atoms with van der Waals surface area (Å²) < 4.78 is 5.20. The summed E-state index contributed by atoms with van der Waals surface area (Å²) in [7, 11) is 0. The number of aromatic nitrogens is 2. The Morgan fingerprint density at radius 3 is 2.92 bits per heavy atom. The number of hydrogen-bond donors (Lipinski definition) is 1. The van der Waals surface area contributed by atoms with Crippen molar-refractivity contribution in [2.24, 2.45) is 5.92 Å². The fourth-order valence-electron chi connectivity index (χ4n) is 0.706. The summed E-state index contributed by atoms with van der Waals surface area (Å²) in [6, 6.07) is 0. The molecule has 1 unspecified atom stereocenters. The third-order valence-corrected chi connectivity index (χ3v) is 3.77. The average Bonchev–Trinajstić information content (AvgIpc) is 2.61. The van der Waals surface area contributed by atoms with Crippen molar-refractivity contribution in [2.75, 3.05) is 12.4 Å². The summed E-state index contributed by atoms with van der Waals surface area (Å²) in [4.78, 5) is 4.32. The van der Waals surface area contributed by atoms with Gasteiger partial charge in [-0.2, -0.15) is 4.37 Å². The van der Waals surface area contributed by atoms with Gasteiger partial charge in [0.1, 0.15) is 5.82 Å². The zero-order valence-corrected chi connectivity index (χ0v) is 9.49. The predicted molar refractivity (Wildman–Crippen MR) is 56.3 cm³/mol. The van der Waals surface area contributed by atoms with E-state index in [-0.39, 0.29) is 6.61 Å². The molecular formula is C8H14N2OS2. The Bertz CT molecular complexity index is 252. The summed E-state index contributed by atoms with van der Waals surface area (Å²) in [6.45, 7) is 4.31. The van der Waals surface area contributed by atoms with Gasteiger partial charge in [-0.1, -0.05) is 25.6 Å². The number of aryl methyl sites for hydroxylation is 1. The van der Waals surface area contributed by atoms with Crippen LogP contribution in [0.2, 0.25) is 0 Å². The molecule has 0 amide bonds. The first-order valence-electron chi connectivity index (χ1n) is 4.32. The molecule has 13 heavy (non-hydrogen) atoms. The minimum absolute atomic E-state index is 0.242. The van der Waals surface area contributed by atoms with Crippen LogP contribution in [-0.4, -0.2) is 26.8 Å². The topological polar surface area (TPSA) is 46.0 Å². The normalized spacial score (nSPS) is 13.2. The van der Waals surface area contributed by atoms with E-state index in [0.29, 0.717) is 5.92 Å². The van der Waals surface area contributed by atoms with Crippen LogP contribution in [0.25, 0.3) is 0 Å². The lowest BCUT2D eigenvalue weighted by Crippen LogP contribution is -2.02. The lowest BCUT2D eigenvalue weighted by Gasteiger charge is -2.03. The van der Waals surface area contributed by atoms with Crippen molar-refractivity contribution < 1.29 is 5.11 Å². The lowest BCUT2D eigenvalue weighted by molar-refractivity contribution is 0.250. The van der Waals surface area contributed by atoms with Gasteiger partial charge in [0.15, 0.2) is 4.34 Å². The van der Waals surface area contributed by atoms with Gasteiger partial charge in [-0.05, 0) is 17.5 Å². The molecule has 1 atom stereocenters. The van der Waals surface area contributed by atoms with Gasteiger partial charge in [0.25, 0.3) is 0 Å². The molecule has 1 rings (SSSR count). The molecule has 0 spiro atoms. The summed E-state index contributed by atoms with van der Waals surface area (Å²) >= 11 is 3.12. The molecule has 74 valence electrons. The van der Waals surface area contributed by atoms with Crippen molar-refractivity contribution in [3.8, 4) is 0 Å². The van der Waals surface area contributed by atoms with Crippen LogP contribution in [0.4, 0.5) is 0 Å². The summed E-state index contributed by atoms with van der Waals surface area (Å²) in [5, 5.41) is 8.82. The molecule has 5 heteroatoms. The fourth-order valence-corrected chi connectivity index (χ4v) is 2.44. The highest BCUT2D eigenvalue weighted by Crippen LogP contribution is 2.22. The van der Waals surface area contributed by atoms with Crippen molar-refractivity contribution in [1.29, 1.82) is 0 Å². The number of aliphatic hydroxyl groups excluding tert-OH is 1. The van der Waals surface area contributed by atoms with Gasteiger partial charge in [-0.25, -0.2) is 4.98 Å². The first-order valence-corrected chi connectivity index (χ1v) is 6.08. The van der Waals surface area contributed by atoms with Crippen molar-refractivity contribution in [2.45, 2.75) is 24.6 Å². The smallest absolute Gasteiger partial charge is 0.170 e. The van der Waals surface area contributed by atoms with Gasteiger partial charge in [-0.3, -0.25) is 0 Å². The average molecular weight is 218 g/mol. The summed E-state index contributed by atoms with van der Waals surface area (Å²) in [5.74, 6) is 2.16. The maximum atomic E-state index is 8.82. The second-order valence-corrected chi connectivity index (χ2v) is 4.95. The van der Waals surface area contributed by atoms with Gasteiger partial charge in [0.05, 0.1) is 0 Å². The van der Waals surface area contributed by atoms with Crippen LogP contribution < -0.4 is 0 Å². The Balaban J connectivity index is 2.36. The zero-order chi connectivity index (χ0) is 9.68. The van der Waals surface area contributed by atoms with Gasteiger partial charge < -0.3 is 5.11 Å². The van der Waals surface area contributed by atoms with Gasteiger partial charge in [0.2, 0.25) is 0 Å². The highest BCUT2D eigenvalue weighted by Gasteiger charge is 2.05. The van der Waals surface area contributed by atoms with Crippen LogP contribution in [0, 0.1) is 5.92 Å². The SMILES string of the molecule is CCc1nsc(SCC(C)CO)n1. The van der Waals surface area contributed by atoms with Crippen LogP contribution in [0.5, 0.6) is 0 Å². The van der Waals surface area contributed by atoms with Crippen LogP contribution in [-0.2, 0) is 6.42 Å². The van der Waals surface area contributed by atoms with E-state index in [1.165, 1.54) is 11.5 Å². The molecule has 0 aromatic carbocycles. The van der Waals surface area contributed by atoms with E-state index in [1.807, 2.05) is 13.8 Å². The maximum absolute atomic E-state index is 8.82. The molecule has 0 bridgehead atoms. The van der Waals surface area contributed by atoms with E-state index in [4.69, 9.17) is 5.11 Å². The fraction of sp³-hybridized carbons (Fsp3) is 0.750. The number of aliphatic hydroxyl groups is 1. The largest absolute Gasteiger partial charge is 0.396 e. The van der Waals surface area contributed by atoms with E-state index in [1.54, 1.807) is 11.8 Å². The number of rotatable bonds is 5. The Kier molecular flexibility index (Phi) is 4.69. The Hall–Kier alpha value is -0.130. The molecule has 0 fully saturated rings. The Morgan fingerprint density at radius 2 is 2.38 bits per heavy atom. The van der Waals surface area contributed by atoms with Crippen LogP contribution in [0.1, 0.15) is 19.7 Å². The van der Waals surface area contributed by atoms with E-state index in [0.717, 1.165) is 22.3 Å². The molecule has 3 nitrogen and oxygen atoms in total. The molecule has 0 aliphatic carbocycles. The molecule has 0 saturated carbocycles. The molecule has 0 aliphatic heterocycles. The molecular weight excluding hydrogens is 204 g/mol. The van der Waals surface area contributed by atoms with E-state index in [9.17, 15) is 0 Å². The second-order valence-electron chi connectivity index (χ2n) is 2.93. The summed E-state index contributed by atoms with van der Waals surface area (Å²) in [5.41, 5.74) is 0. The van der Waals surface area contributed by atoms with Gasteiger partial charge >= 0.3 is 0 Å². The molecule has 1 heterocycles. The zero-order valence-electron chi connectivity index (χ0n) is 7.86. The predicted octanol–water partition coefficient (Wildman–Crippen LogP) is 1.82. The van der Waals surface area contributed by atoms with Crippen molar-refractivity contribution in [3.63, 3.8) is 0 Å². The maximum Gasteiger partial charge on any atom is 0.170 e. The first-order chi connectivity index (χ1) is 6.26.